The van der Waals surface area contributed by atoms with Gasteiger partial charge >= 0.3 is 6.09 Å². The maximum Gasteiger partial charge on any atom is 0.414 e. The number of nitrogens with zero attached hydrogens (tertiary/aromatic N) is 3. The van der Waals surface area contributed by atoms with Gasteiger partial charge in [0, 0.05) is 26.2 Å². The van der Waals surface area contributed by atoms with Gasteiger partial charge in [-0.25, -0.2) is 17.6 Å². The molecule has 0 spiro atoms. The van der Waals surface area contributed by atoms with Crippen molar-refractivity contribution in [2.75, 3.05) is 54.8 Å². The predicted molar refractivity (Wildman–Crippen MR) is 114 cm³/mol. The van der Waals surface area contributed by atoms with Gasteiger partial charge in [-0.05, 0) is 32.0 Å². The fourth-order valence-electron chi connectivity index (χ4n) is 3.41. The molecule has 2 saturated heterocycles. The molecule has 0 radical (unpaired) electrons. The first-order valence-electron chi connectivity index (χ1n) is 9.46. The van der Waals surface area contributed by atoms with E-state index in [0.717, 1.165) is 0 Å². The SMILES string of the molecule is CCS(=O)(=O)N1CCN(c2ccc(N3CC(CNC(C)=S)OC3=O)cc2F)CC1. The molecule has 2 aliphatic heterocycles. The summed E-state index contributed by atoms with van der Waals surface area (Å²) in [5.74, 6) is -0.402. The van der Waals surface area contributed by atoms with Gasteiger partial charge in [-0.1, -0.05) is 12.2 Å². The van der Waals surface area contributed by atoms with Crippen LogP contribution in [0, 0.1) is 5.82 Å². The van der Waals surface area contributed by atoms with E-state index >= 15 is 0 Å². The Morgan fingerprint density at radius 2 is 2.00 bits per heavy atom. The third-order valence-electron chi connectivity index (χ3n) is 5.03. The molecule has 1 unspecified atom stereocenters. The molecule has 0 bridgehead atoms. The Bertz CT molecular complexity index is 888. The number of halogens is 1. The summed E-state index contributed by atoms with van der Waals surface area (Å²) >= 11 is 4.95. The van der Waals surface area contributed by atoms with Crippen molar-refractivity contribution in [2.24, 2.45) is 0 Å². The number of nitrogens with one attached hydrogen (secondary N) is 1. The summed E-state index contributed by atoms with van der Waals surface area (Å²) < 4.78 is 45.4. The number of cyclic esters (lactones) is 1. The molecule has 2 heterocycles. The fourth-order valence-corrected chi connectivity index (χ4v) is 4.57. The average molecular weight is 445 g/mol. The van der Waals surface area contributed by atoms with E-state index < -0.39 is 21.9 Å². The summed E-state index contributed by atoms with van der Waals surface area (Å²) in [6, 6.07) is 4.61. The minimum Gasteiger partial charge on any atom is -0.442 e. The number of carbonyl (C=O) groups is 1. The van der Waals surface area contributed by atoms with Crippen molar-refractivity contribution < 1.29 is 22.3 Å². The smallest absolute Gasteiger partial charge is 0.414 e. The minimum absolute atomic E-state index is 0.0581. The lowest BCUT2D eigenvalue weighted by atomic mass is 10.2. The molecule has 29 heavy (non-hydrogen) atoms. The molecule has 160 valence electrons. The van der Waals surface area contributed by atoms with Crippen LogP contribution in [0.3, 0.4) is 0 Å². The van der Waals surface area contributed by atoms with Crippen molar-refractivity contribution in [3.8, 4) is 0 Å². The zero-order valence-electron chi connectivity index (χ0n) is 16.4. The lowest BCUT2D eigenvalue weighted by Crippen LogP contribution is -2.49. The number of hydrogen-bond donors (Lipinski definition) is 1. The van der Waals surface area contributed by atoms with Gasteiger partial charge in [0.25, 0.3) is 0 Å². The van der Waals surface area contributed by atoms with Gasteiger partial charge in [0.1, 0.15) is 11.9 Å². The minimum atomic E-state index is -3.23. The maximum atomic E-state index is 14.8. The first kappa shape index (κ1) is 21.7. The van der Waals surface area contributed by atoms with Gasteiger partial charge < -0.3 is 15.0 Å². The quantitative estimate of drug-likeness (QED) is 0.667. The number of carbonyl (C=O) groups excluding carboxylic acids is 1. The van der Waals surface area contributed by atoms with Gasteiger partial charge in [-0.2, -0.15) is 4.31 Å². The summed E-state index contributed by atoms with van der Waals surface area (Å²) in [4.78, 5) is 16.0. The second-order valence-corrected chi connectivity index (χ2v) is 9.85. The van der Waals surface area contributed by atoms with Crippen LogP contribution < -0.4 is 15.1 Å². The van der Waals surface area contributed by atoms with Crippen LogP contribution in [0.2, 0.25) is 0 Å². The number of amides is 1. The van der Waals surface area contributed by atoms with Crippen LogP contribution in [0.1, 0.15) is 13.8 Å². The van der Waals surface area contributed by atoms with E-state index in [2.05, 4.69) is 5.32 Å². The summed E-state index contributed by atoms with van der Waals surface area (Å²) in [6.07, 6.45) is -0.888. The molecule has 8 nitrogen and oxygen atoms in total. The van der Waals surface area contributed by atoms with E-state index in [0.29, 0.717) is 55.6 Å². The van der Waals surface area contributed by atoms with Gasteiger partial charge in [-0.15, -0.1) is 0 Å². The van der Waals surface area contributed by atoms with Crippen molar-refractivity contribution >= 4 is 44.7 Å². The highest BCUT2D eigenvalue weighted by Gasteiger charge is 2.33. The van der Waals surface area contributed by atoms with Crippen molar-refractivity contribution in [3.63, 3.8) is 0 Å². The van der Waals surface area contributed by atoms with E-state index in [1.165, 1.54) is 15.3 Å². The standard InChI is InChI=1S/C18H25FN4O4S2/c1-3-29(25,26)22-8-6-21(7-9-22)17-5-4-14(10-16(17)19)23-12-15(27-18(23)24)11-20-13(2)28/h4-5,10,15H,3,6-9,11-12H2,1-2H3,(H,20,28). The molecule has 0 aliphatic carbocycles. The number of sulfonamides is 1. The Balaban J connectivity index is 1.65. The molecule has 0 saturated carbocycles. The van der Waals surface area contributed by atoms with Crippen molar-refractivity contribution in [3.05, 3.63) is 24.0 Å². The fraction of sp³-hybridized carbons (Fsp3) is 0.556. The van der Waals surface area contributed by atoms with E-state index in [-0.39, 0.29) is 11.9 Å². The largest absolute Gasteiger partial charge is 0.442 e. The summed E-state index contributed by atoms with van der Waals surface area (Å²) in [5.41, 5.74) is 0.814. The number of thiocarbonyl (C=S) groups is 1. The van der Waals surface area contributed by atoms with Crippen LogP contribution in [0.15, 0.2) is 18.2 Å². The van der Waals surface area contributed by atoms with Crippen LogP contribution in [0.4, 0.5) is 20.6 Å². The number of anilines is 2. The lowest BCUT2D eigenvalue weighted by molar-refractivity contribution is 0.143. The lowest BCUT2D eigenvalue weighted by Gasteiger charge is -2.35. The number of piperazine rings is 1. The molecule has 1 N–H and O–H groups in total. The Labute approximate surface area is 175 Å². The van der Waals surface area contributed by atoms with E-state index in [4.69, 9.17) is 17.0 Å². The third kappa shape index (κ3) is 4.96. The number of ether oxygens (including phenoxy) is 1. The Morgan fingerprint density at radius 1 is 1.31 bits per heavy atom. The molecule has 1 atom stereocenters. The van der Waals surface area contributed by atoms with Crippen LogP contribution in [-0.2, 0) is 14.8 Å². The van der Waals surface area contributed by atoms with Gasteiger partial charge in [0.15, 0.2) is 0 Å². The van der Waals surface area contributed by atoms with Gasteiger partial charge in [0.2, 0.25) is 10.0 Å². The molecular formula is C18H25FN4O4S2. The Morgan fingerprint density at radius 3 is 2.59 bits per heavy atom. The number of benzene rings is 1. The van der Waals surface area contributed by atoms with E-state index in [1.807, 2.05) is 4.90 Å². The molecule has 0 aromatic heterocycles. The third-order valence-corrected chi connectivity index (χ3v) is 7.06. The predicted octanol–water partition coefficient (Wildman–Crippen LogP) is 1.56. The molecule has 11 heteroatoms. The van der Waals surface area contributed by atoms with E-state index in [9.17, 15) is 17.6 Å². The first-order valence-corrected chi connectivity index (χ1v) is 11.5. The van der Waals surface area contributed by atoms with Crippen molar-refractivity contribution in [1.82, 2.24) is 9.62 Å². The average Bonchev–Trinajstić information content (AvgIpc) is 3.07. The summed E-state index contributed by atoms with van der Waals surface area (Å²) in [5, 5.41) is 2.96. The highest BCUT2D eigenvalue weighted by molar-refractivity contribution is 7.89. The van der Waals surface area contributed by atoms with Crippen LogP contribution in [0.5, 0.6) is 0 Å². The van der Waals surface area contributed by atoms with Crippen LogP contribution in [-0.4, -0.2) is 74.9 Å². The molecule has 1 amide bonds. The van der Waals surface area contributed by atoms with Crippen LogP contribution in [0.25, 0.3) is 0 Å². The highest BCUT2D eigenvalue weighted by atomic mass is 32.2. The number of rotatable bonds is 6. The second-order valence-electron chi connectivity index (χ2n) is 6.98. The Kier molecular flexibility index (Phi) is 6.59. The highest BCUT2D eigenvalue weighted by Crippen LogP contribution is 2.28. The van der Waals surface area contributed by atoms with E-state index in [1.54, 1.807) is 26.0 Å². The summed E-state index contributed by atoms with van der Waals surface area (Å²) in [6.45, 7) is 5.53. The van der Waals surface area contributed by atoms with Gasteiger partial charge in [-0.3, -0.25) is 4.90 Å². The zero-order chi connectivity index (χ0) is 21.2. The molecule has 2 fully saturated rings. The van der Waals surface area contributed by atoms with Crippen molar-refractivity contribution in [2.45, 2.75) is 20.0 Å². The second kappa shape index (κ2) is 8.80. The molecule has 2 aliphatic rings. The molecule has 3 rings (SSSR count). The monoisotopic (exact) mass is 444 g/mol. The molecule has 1 aromatic carbocycles. The zero-order valence-corrected chi connectivity index (χ0v) is 18.1. The molecular weight excluding hydrogens is 419 g/mol. The Hall–Kier alpha value is -1.98. The normalized spacial score (nSPS) is 20.7. The topological polar surface area (TPSA) is 82.2 Å². The molecule has 1 aromatic rings. The number of hydrogen-bond acceptors (Lipinski definition) is 6. The van der Waals surface area contributed by atoms with Gasteiger partial charge in [0.05, 0.1) is 35.2 Å². The maximum absolute atomic E-state index is 14.8. The first-order chi connectivity index (χ1) is 13.7. The summed E-state index contributed by atoms with van der Waals surface area (Å²) in [7, 11) is -3.23. The van der Waals surface area contributed by atoms with Crippen molar-refractivity contribution in [1.29, 1.82) is 0 Å². The van der Waals surface area contributed by atoms with Crippen LogP contribution >= 0.6 is 12.2 Å².